The number of amides is 2. The first kappa shape index (κ1) is 33.9. The van der Waals surface area contributed by atoms with E-state index in [1.165, 1.54) is 25.9 Å². The van der Waals surface area contributed by atoms with Crippen molar-refractivity contribution in [2.24, 2.45) is 17.8 Å². The molecule has 266 valence electrons. The number of anilines is 1. The van der Waals surface area contributed by atoms with E-state index in [0.717, 1.165) is 87.1 Å². The number of carbonyl (C=O) groups is 2. The third kappa shape index (κ3) is 8.44. The predicted octanol–water partition coefficient (Wildman–Crippen LogP) is 6.59. The SMILES string of the molecule is CC(C)(C)OC(=O)N1C[C@H]2CC[C@H](C1)N2c1ccnc(OC2CC(C3CCN(CC4CCN(C(=O)OCc5ccccc5)CC4)CC3)C2)c1. The number of rotatable bonds is 8. The van der Waals surface area contributed by atoms with E-state index in [1.807, 2.05) is 67.1 Å². The van der Waals surface area contributed by atoms with E-state index in [9.17, 15) is 9.59 Å². The molecule has 7 rings (SSSR count). The van der Waals surface area contributed by atoms with Crippen LogP contribution in [-0.4, -0.2) is 101 Å². The molecule has 5 fully saturated rings. The van der Waals surface area contributed by atoms with E-state index in [-0.39, 0.29) is 18.3 Å². The molecule has 1 aromatic heterocycles. The fourth-order valence-electron chi connectivity index (χ4n) is 8.76. The van der Waals surface area contributed by atoms with Gasteiger partial charge in [0.1, 0.15) is 18.3 Å². The van der Waals surface area contributed by atoms with Crippen molar-refractivity contribution in [3.63, 3.8) is 0 Å². The summed E-state index contributed by atoms with van der Waals surface area (Å²) in [7, 11) is 0. The van der Waals surface area contributed by atoms with Gasteiger partial charge in [-0.15, -0.1) is 0 Å². The van der Waals surface area contributed by atoms with Crippen molar-refractivity contribution >= 4 is 17.9 Å². The number of piperidine rings is 2. The maximum atomic E-state index is 12.7. The van der Waals surface area contributed by atoms with Gasteiger partial charge in [0, 0.05) is 62.8 Å². The smallest absolute Gasteiger partial charge is 0.410 e. The Morgan fingerprint density at radius 1 is 0.816 bits per heavy atom. The molecule has 2 bridgehead atoms. The molecule has 5 aliphatic rings. The first-order valence-corrected chi connectivity index (χ1v) is 18.7. The van der Waals surface area contributed by atoms with Gasteiger partial charge in [-0.2, -0.15) is 0 Å². The maximum absolute atomic E-state index is 12.7. The fraction of sp³-hybridized carbons (Fsp3) is 0.667. The molecule has 1 aromatic carbocycles. The largest absolute Gasteiger partial charge is 0.474 e. The summed E-state index contributed by atoms with van der Waals surface area (Å²) in [6.45, 7) is 12.6. The maximum Gasteiger partial charge on any atom is 0.410 e. The van der Waals surface area contributed by atoms with Crippen LogP contribution >= 0.6 is 0 Å². The van der Waals surface area contributed by atoms with Gasteiger partial charge in [-0.25, -0.2) is 14.6 Å². The molecular weight excluding hydrogens is 618 g/mol. The molecule has 2 amide bonds. The van der Waals surface area contributed by atoms with E-state index >= 15 is 0 Å². The van der Waals surface area contributed by atoms with E-state index in [1.54, 1.807) is 0 Å². The highest BCUT2D eigenvalue weighted by molar-refractivity contribution is 5.69. The van der Waals surface area contributed by atoms with Crippen molar-refractivity contribution < 1.29 is 23.8 Å². The second-order valence-corrected chi connectivity index (χ2v) is 16.1. The van der Waals surface area contributed by atoms with E-state index in [0.29, 0.717) is 37.7 Å². The lowest BCUT2D eigenvalue weighted by molar-refractivity contribution is 0.00668. The van der Waals surface area contributed by atoms with Crippen LogP contribution in [0.3, 0.4) is 0 Å². The Morgan fingerprint density at radius 3 is 2.18 bits per heavy atom. The minimum absolute atomic E-state index is 0.184. The average molecular weight is 674 g/mol. The second kappa shape index (κ2) is 14.8. The molecule has 49 heavy (non-hydrogen) atoms. The minimum Gasteiger partial charge on any atom is -0.474 e. The van der Waals surface area contributed by atoms with Crippen molar-refractivity contribution in [2.45, 2.75) is 103 Å². The molecule has 2 aromatic rings. The normalized spacial score (nSPS) is 26.7. The zero-order valence-corrected chi connectivity index (χ0v) is 29.7. The van der Waals surface area contributed by atoms with Crippen molar-refractivity contribution in [1.82, 2.24) is 19.7 Å². The quantitative estimate of drug-likeness (QED) is 0.311. The Morgan fingerprint density at radius 2 is 1.51 bits per heavy atom. The fourth-order valence-corrected chi connectivity index (χ4v) is 8.76. The third-order valence-electron chi connectivity index (χ3n) is 11.5. The summed E-state index contributed by atoms with van der Waals surface area (Å²) in [6.07, 6.45) is 10.8. The van der Waals surface area contributed by atoms with Crippen molar-refractivity contribution in [1.29, 1.82) is 0 Å². The average Bonchev–Trinajstić information content (AvgIpc) is 3.34. The molecule has 0 spiro atoms. The highest BCUT2D eigenvalue weighted by atomic mass is 16.6. The number of ether oxygens (including phenoxy) is 3. The van der Waals surface area contributed by atoms with Crippen LogP contribution in [0.2, 0.25) is 0 Å². The molecule has 1 aliphatic carbocycles. The van der Waals surface area contributed by atoms with Gasteiger partial charge in [0.05, 0.1) is 0 Å². The van der Waals surface area contributed by atoms with Crippen molar-refractivity contribution in [3.8, 4) is 5.88 Å². The van der Waals surface area contributed by atoms with E-state index in [2.05, 4.69) is 26.9 Å². The predicted molar refractivity (Wildman–Crippen MR) is 189 cm³/mol. The van der Waals surface area contributed by atoms with Gasteiger partial charge in [-0.1, -0.05) is 30.3 Å². The van der Waals surface area contributed by atoms with Gasteiger partial charge in [0.15, 0.2) is 0 Å². The molecular formula is C39H55N5O5. The molecule has 0 radical (unpaired) electrons. The first-order valence-electron chi connectivity index (χ1n) is 18.7. The summed E-state index contributed by atoms with van der Waals surface area (Å²) < 4.78 is 17.6. The molecule has 10 heteroatoms. The number of likely N-dealkylation sites (tertiary alicyclic amines) is 3. The Bertz CT molecular complexity index is 1400. The lowest BCUT2D eigenvalue weighted by Crippen LogP contribution is -2.56. The van der Waals surface area contributed by atoms with Gasteiger partial charge in [-0.3, -0.25) is 0 Å². The summed E-state index contributed by atoms with van der Waals surface area (Å²) in [6, 6.07) is 14.7. The summed E-state index contributed by atoms with van der Waals surface area (Å²) in [5, 5.41) is 0. The van der Waals surface area contributed by atoms with Gasteiger partial charge in [-0.05, 0) is 115 Å². The molecule has 4 saturated heterocycles. The third-order valence-corrected chi connectivity index (χ3v) is 11.5. The van der Waals surface area contributed by atoms with Gasteiger partial charge in [0.2, 0.25) is 5.88 Å². The topological polar surface area (TPSA) is 87.7 Å². The summed E-state index contributed by atoms with van der Waals surface area (Å²) in [5.41, 5.74) is 1.70. The zero-order chi connectivity index (χ0) is 34.0. The molecule has 2 atom stereocenters. The summed E-state index contributed by atoms with van der Waals surface area (Å²) in [4.78, 5) is 38.8. The Hall–Kier alpha value is -3.53. The lowest BCUT2D eigenvalue weighted by Gasteiger charge is -2.44. The number of piperazine rings is 1. The van der Waals surface area contributed by atoms with Crippen LogP contribution in [0, 0.1) is 17.8 Å². The minimum atomic E-state index is -0.481. The lowest BCUT2D eigenvalue weighted by atomic mass is 9.70. The highest BCUT2D eigenvalue weighted by Crippen LogP contribution is 2.42. The van der Waals surface area contributed by atoms with E-state index in [4.69, 9.17) is 14.2 Å². The number of hydrogen-bond donors (Lipinski definition) is 0. The summed E-state index contributed by atoms with van der Waals surface area (Å²) in [5.74, 6) is 2.91. The number of benzene rings is 1. The number of pyridine rings is 1. The van der Waals surface area contributed by atoms with Crippen LogP contribution in [0.1, 0.15) is 77.7 Å². The number of fused-ring (bicyclic) bond motifs is 2. The standard InChI is InChI=1S/C39H55N5O5/c1-39(2,3)49-38(46)43-25-33-9-10-34(26-43)44(33)32-11-16-40-36(23-32)48-35-21-31(22-35)30-14-17-41(18-15-30)24-28-12-19-42(20-13-28)37(45)47-27-29-7-5-4-6-8-29/h4-8,11,16,23,28,30-31,33-35H,9-10,12-15,17-22,24-27H2,1-3H3/t31?,33-,34-,35?/m1/s1. The van der Waals surface area contributed by atoms with Crippen LogP contribution in [0.25, 0.3) is 0 Å². The number of hydrogen-bond acceptors (Lipinski definition) is 8. The molecule has 0 unspecified atom stereocenters. The second-order valence-electron chi connectivity index (χ2n) is 16.1. The van der Waals surface area contributed by atoms with Crippen LogP contribution in [0.4, 0.5) is 15.3 Å². The number of aromatic nitrogens is 1. The number of nitrogens with zero attached hydrogens (tertiary/aromatic N) is 5. The molecule has 5 heterocycles. The van der Waals surface area contributed by atoms with Crippen LogP contribution in [-0.2, 0) is 16.1 Å². The monoisotopic (exact) mass is 673 g/mol. The van der Waals surface area contributed by atoms with E-state index < -0.39 is 5.60 Å². The molecule has 0 N–H and O–H groups in total. The van der Waals surface area contributed by atoms with Crippen molar-refractivity contribution in [3.05, 3.63) is 54.2 Å². The van der Waals surface area contributed by atoms with Crippen molar-refractivity contribution in [2.75, 3.05) is 50.7 Å². The van der Waals surface area contributed by atoms with Crippen LogP contribution in [0.15, 0.2) is 48.7 Å². The molecule has 10 nitrogen and oxygen atoms in total. The Balaban J connectivity index is 0.799. The Kier molecular flexibility index (Phi) is 10.2. The van der Waals surface area contributed by atoms with Gasteiger partial charge >= 0.3 is 12.2 Å². The first-order chi connectivity index (χ1) is 23.7. The number of carbonyl (C=O) groups excluding carboxylic acids is 2. The van der Waals surface area contributed by atoms with Gasteiger partial charge < -0.3 is 33.8 Å². The van der Waals surface area contributed by atoms with Gasteiger partial charge in [0.25, 0.3) is 0 Å². The molecule has 1 saturated carbocycles. The van der Waals surface area contributed by atoms with Crippen LogP contribution in [0.5, 0.6) is 5.88 Å². The Labute approximate surface area is 292 Å². The van der Waals surface area contributed by atoms with Crippen LogP contribution < -0.4 is 9.64 Å². The molecule has 4 aliphatic heterocycles. The highest BCUT2D eigenvalue weighted by Gasteiger charge is 2.43. The zero-order valence-electron chi connectivity index (χ0n) is 29.7. The summed E-state index contributed by atoms with van der Waals surface area (Å²) >= 11 is 0.